The van der Waals surface area contributed by atoms with Crippen molar-refractivity contribution >= 4 is 27.1 Å². The van der Waals surface area contributed by atoms with Crippen LogP contribution in [0, 0.1) is 29.1 Å². The number of allylic oxidation sites excluding steroid dienone is 4. The van der Waals surface area contributed by atoms with Gasteiger partial charge < -0.3 is 4.74 Å². The molecule has 0 amide bonds. The van der Waals surface area contributed by atoms with Gasteiger partial charge in [0.15, 0.2) is 41.5 Å². The van der Waals surface area contributed by atoms with Crippen LogP contribution in [0.3, 0.4) is 0 Å². The first-order valence-electron chi connectivity index (χ1n) is 10.8. The predicted molar refractivity (Wildman–Crippen MR) is 120 cm³/mol. The Labute approximate surface area is 207 Å². The quantitative estimate of drug-likeness (QED) is 0.186. The normalized spacial score (nSPS) is 18.2. The van der Waals surface area contributed by atoms with Gasteiger partial charge in [0.2, 0.25) is 0 Å². The first kappa shape index (κ1) is 25.6. The van der Waals surface area contributed by atoms with E-state index in [9.17, 15) is 30.7 Å². The van der Waals surface area contributed by atoms with Crippen molar-refractivity contribution in [3.63, 3.8) is 0 Å². The number of halogens is 10. The van der Waals surface area contributed by atoms with E-state index in [0.29, 0.717) is 18.2 Å². The molecular weight excluding hydrogens is 530 g/mol. The largest absolute Gasteiger partial charge is 0.497 e. The van der Waals surface area contributed by atoms with Crippen molar-refractivity contribution < 1.29 is 48.6 Å². The number of alkyl halides is 2. The SMILES string of the molecule is COc1cc(F)c(-c2c3ccc(F)cc3c(C3=C(F)C(F)=C(F)C(F)C3F)c3cc(F)c(F)cc23)c(F)c1. The molecule has 4 aromatic carbocycles. The first-order chi connectivity index (χ1) is 18.0. The van der Waals surface area contributed by atoms with Crippen molar-refractivity contribution in [1.82, 2.24) is 0 Å². The molecule has 0 bridgehead atoms. The van der Waals surface area contributed by atoms with Crippen LogP contribution in [0.4, 0.5) is 43.9 Å². The van der Waals surface area contributed by atoms with E-state index in [1.807, 2.05) is 0 Å². The summed E-state index contributed by atoms with van der Waals surface area (Å²) in [7, 11) is 1.13. The van der Waals surface area contributed by atoms with Crippen molar-refractivity contribution in [3.8, 4) is 16.9 Å². The lowest BCUT2D eigenvalue weighted by molar-refractivity contribution is 0.201. The zero-order valence-corrected chi connectivity index (χ0v) is 18.9. The molecule has 0 aliphatic heterocycles. The molecule has 0 saturated heterocycles. The third-order valence-electron chi connectivity index (χ3n) is 6.30. The summed E-state index contributed by atoms with van der Waals surface area (Å²) in [4.78, 5) is 0. The summed E-state index contributed by atoms with van der Waals surface area (Å²) in [5, 5.41) is -2.13. The van der Waals surface area contributed by atoms with E-state index >= 15 is 13.2 Å². The van der Waals surface area contributed by atoms with Gasteiger partial charge in [-0.15, -0.1) is 0 Å². The Hall–Kier alpha value is -4.02. The summed E-state index contributed by atoms with van der Waals surface area (Å²) in [5.74, 6) is -13.9. The molecule has 1 aliphatic carbocycles. The second kappa shape index (κ2) is 9.07. The highest BCUT2D eigenvalue weighted by Crippen LogP contribution is 2.49. The highest BCUT2D eigenvalue weighted by atomic mass is 19.2. The van der Waals surface area contributed by atoms with Gasteiger partial charge in [0.05, 0.1) is 12.7 Å². The van der Waals surface area contributed by atoms with Gasteiger partial charge >= 0.3 is 0 Å². The van der Waals surface area contributed by atoms with Crippen LogP contribution < -0.4 is 4.74 Å². The van der Waals surface area contributed by atoms with Crippen molar-refractivity contribution in [2.45, 2.75) is 12.3 Å². The van der Waals surface area contributed by atoms with Gasteiger partial charge in [-0.1, -0.05) is 6.07 Å². The van der Waals surface area contributed by atoms with Crippen molar-refractivity contribution in [2.75, 3.05) is 7.11 Å². The van der Waals surface area contributed by atoms with Gasteiger partial charge in [0, 0.05) is 23.3 Å². The van der Waals surface area contributed by atoms with E-state index in [0.717, 1.165) is 31.4 Å². The van der Waals surface area contributed by atoms with Crippen molar-refractivity contribution in [2.24, 2.45) is 0 Å². The van der Waals surface area contributed by atoms with E-state index in [-0.39, 0.29) is 11.1 Å². The molecule has 2 atom stereocenters. The number of benzene rings is 4. The molecule has 0 spiro atoms. The number of hydrogen-bond donors (Lipinski definition) is 0. The van der Waals surface area contributed by atoms with Crippen LogP contribution in [0.1, 0.15) is 5.56 Å². The van der Waals surface area contributed by atoms with Crippen LogP contribution in [0.25, 0.3) is 38.2 Å². The molecule has 1 aliphatic rings. The molecule has 0 saturated carbocycles. The van der Waals surface area contributed by atoms with Crippen LogP contribution in [-0.4, -0.2) is 19.5 Å². The minimum Gasteiger partial charge on any atom is -0.497 e. The van der Waals surface area contributed by atoms with Gasteiger partial charge in [-0.3, -0.25) is 0 Å². The molecule has 5 rings (SSSR count). The van der Waals surface area contributed by atoms with Crippen molar-refractivity contribution in [1.29, 1.82) is 0 Å². The molecule has 2 unspecified atom stereocenters. The molecule has 38 heavy (non-hydrogen) atoms. The Kier molecular flexibility index (Phi) is 6.12. The molecule has 1 nitrogen and oxygen atoms in total. The summed E-state index contributed by atoms with van der Waals surface area (Å²) in [6, 6.07) is 4.74. The van der Waals surface area contributed by atoms with Crippen LogP contribution in [0.5, 0.6) is 5.75 Å². The summed E-state index contributed by atoms with van der Waals surface area (Å²) in [5.41, 5.74) is -3.62. The maximum Gasteiger partial charge on any atom is 0.193 e. The Morgan fingerprint density at radius 3 is 1.68 bits per heavy atom. The van der Waals surface area contributed by atoms with Crippen LogP contribution in [0.15, 0.2) is 59.9 Å². The smallest absolute Gasteiger partial charge is 0.193 e. The highest BCUT2D eigenvalue weighted by molar-refractivity contribution is 6.19. The fraction of sp³-hybridized carbons (Fsp3) is 0.111. The van der Waals surface area contributed by atoms with Gasteiger partial charge in [0.25, 0.3) is 0 Å². The predicted octanol–water partition coefficient (Wildman–Crippen LogP) is 8.89. The average molecular weight is 542 g/mol. The zero-order valence-electron chi connectivity index (χ0n) is 18.9. The third-order valence-corrected chi connectivity index (χ3v) is 6.30. The third kappa shape index (κ3) is 3.71. The van der Waals surface area contributed by atoms with E-state index in [1.54, 1.807) is 0 Å². The zero-order chi connectivity index (χ0) is 27.6. The summed E-state index contributed by atoms with van der Waals surface area (Å²) >= 11 is 0. The van der Waals surface area contributed by atoms with Crippen LogP contribution >= 0.6 is 0 Å². The standard InChI is InChI=1S/C27H12F10O/c1-38-10-5-17(31)21(18(32)6-10)19-11-3-2-9(28)4-12(11)20(14-8-16(30)15(29)7-13(14)19)22-23(33)25(35)27(37)26(36)24(22)34/h2-8,23,25H,1H3. The Morgan fingerprint density at radius 2 is 1.11 bits per heavy atom. The molecule has 0 heterocycles. The fourth-order valence-electron chi connectivity index (χ4n) is 4.65. The number of hydrogen-bond acceptors (Lipinski definition) is 1. The number of fused-ring (bicyclic) bond motifs is 2. The number of ether oxygens (including phenoxy) is 1. The van der Waals surface area contributed by atoms with E-state index in [4.69, 9.17) is 4.74 Å². The van der Waals surface area contributed by atoms with Crippen LogP contribution in [-0.2, 0) is 0 Å². The fourth-order valence-corrected chi connectivity index (χ4v) is 4.65. The molecular formula is C27H12F10O. The monoisotopic (exact) mass is 542 g/mol. The Morgan fingerprint density at radius 1 is 0.553 bits per heavy atom. The van der Waals surface area contributed by atoms with Gasteiger partial charge in [-0.2, -0.15) is 0 Å². The average Bonchev–Trinajstić information content (AvgIpc) is 2.87. The van der Waals surface area contributed by atoms with Gasteiger partial charge in [-0.05, 0) is 51.4 Å². The van der Waals surface area contributed by atoms with E-state index in [2.05, 4.69) is 0 Å². The summed E-state index contributed by atoms with van der Waals surface area (Å²) in [6.45, 7) is 0. The topological polar surface area (TPSA) is 9.23 Å². The molecule has 4 aromatic rings. The van der Waals surface area contributed by atoms with Crippen molar-refractivity contribution in [3.05, 3.63) is 94.6 Å². The molecule has 11 heteroatoms. The van der Waals surface area contributed by atoms with E-state index in [1.165, 1.54) is 0 Å². The molecule has 0 fully saturated rings. The lowest BCUT2D eigenvalue weighted by Gasteiger charge is -2.25. The Balaban J connectivity index is 2.06. The number of methoxy groups -OCH3 is 1. The maximum absolute atomic E-state index is 15.2. The van der Waals surface area contributed by atoms with Crippen LogP contribution in [0.2, 0.25) is 0 Å². The minimum atomic E-state index is -3.32. The minimum absolute atomic E-state index is 0.245. The summed E-state index contributed by atoms with van der Waals surface area (Å²) < 4.78 is 151. The van der Waals surface area contributed by atoms with Gasteiger partial charge in [-0.25, -0.2) is 43.9 Å². The second-order valence-electron chi connectivity index (χ2n) is 8.41. The molecule has 196 valence electrons. The van der Waals surface area contributed by atoms with E-state index < -0.39 is 97.3 Å². The lowest BCUT2D eigenvalue weighted by Crippen LogP contribution is -2.25. The first-order valence-corrected chi connectivity index (χ1v) is 10.8. The van der Waals surface area contributed by atoms with Gasteiger partial charge in [0.1, 0.15) is 23.2 Å². The number of rotatable bonds is 3. The summed E-state index contributed by atoms with van der Waals surface area (Å²) in [6.07, 6.45) is -6.51. The maximum atomic E-state index is 15.2. The molecule has 0 radical (unpaired) electrons. The molecule has 0 N–H and O–H groups in total. The highest BCUT2D eigenvalue weighted by Gasteiger charge is 2.42. The second-order valence-corrected chi connectivity index (χ2v) is 8.41. The molecule has 0 aromatic heterocycles. The Bertz CT molecular complexity index is 1700. The lowest BCUT2D eigenvalue weighted by atomic mass is 9.82.